The molecule has 1 heterocycles. The second-order valence-electron chi connectivity index (χ2n) is 4.82. The topological polar surface area (TPSA) is 68.6 Å². The Morgan fingerprint density at radius 1 is 1.22 bits per heavy atom. The second kappa shape index (κ2) is 6.24. The van der Waals surface area contributed by atoms with Crippen molar-refractivity contribution in [3.63, 3.8) is 0 Å². The number of benzene rings is 2. The Labute approximate surface area is 133 Å². The summed E-state index contributed by atoms with van der Waals surface area (Å²) >= 11 is 0. The first-order chi connectivity index (χ1) is 11.2. The van der Waals surface area contributed by atoms with Gasteiger partial charge in [-0.25, -0.2) is 0 Å². The summed E-state index contributed by atoms with van der Waals surface area (Å²) in [5, 5.41) is 8.53. The van der Waals surface area contributed by atoms with Crippen LogP contribution < -0.4 is 14.2 Å². The molecular formula is C18H13NO4. The zero-order valence-corrected chi connectivity index (χ0v) is 12.4. The van der Waals surface area contributed by atoms with Crippen LogP contribution in [0.15, 0.2) is 48.2 Å². The molecule has 2 aromatic rings. The summed E-state index contributed by atoms with van der Waals surface area (Å²) in [7, 11) is 1.59. The molecule has 0 N–H and O–H groups in total. The maximum atomic E-state index is 12.4. The first-order valence-electron chi connectivity index (χ1n) is 6.93. The highest BCUT2D eigenvalue weighted by Gasteiger charge is 2.27. The summed E-state index contributed by atoms with van der Waals surface area (Å²) in [5.74, 6) is 1.68. The van der Waals surface area contributed by atoms with Gasteiger partial charge < -0.3 is 14.2 Å². The molecule has 0 amide bonds. The minimum absolute atomic E-state index is 0.0563. The van der Waals surface area contributed by atoms with Crippen molar-refractivity contribution in [1.82, 2.24) is 0 Å². The maximum Gasteiger partial charge on any atom is 0.231 e. The van der Waals surface area contributed by atoms with Gasteiger partial charge in [0.2, 0.25) is 5.78 Å². The van der Waals surface area contributed by atoms with E-state index >= 15 is 0 Å². The Hall–Kier alpha value is -3.26. The van der Waals surface area contributed by atoms with E-state index in [0.29, 0.717) is 22.8 Å². The number of ether oxygens (including phenoxy) is 3. The van der Waals surface area contributed by atoms with E-state index in [2.05, 4.69) is 0 Å². The van der Waals surface area contributed by atoms with Crippen LogP contribution >= 0.6 is 0 Å². The van der Waals surface area contributed by atoms with Crippen LogP contribution in [0.4, 0.5) is 0 Å². The van der Waals surface area contributed by atoms with Gasteiger partial charge in [0.05, 0.1) is 12.7 Å². The molecule has 23 heavy (non-hydrogen) atoms. The van der Waals surface area contributed by atoms with Crippen LogP contribution in [-0.4, -0.2) is 19.5 Å². The van der Waals surface area contributed by atoms with Gasteiger partial charge in [-0.05, 0) is 35.9 Å². The zero-order chi connectivity index (χ0) is 16.2. The van der Waals surface area contributed by atoms with Crippen LogP contribution in [0, 0.1) is 11.3 Å². The fraction of sp³-hybridized carbons (Fsp3) is 0.111. The molecule has 5 heteroatoms. The number of nitriles is 1. The van der Waals surface area contributed by atoms with Crippen molar-refractivity contribution in [3.8, 4) is 23.3 Å². The van der Waals surface area contributed by atoms with Crippen LogP contribution in [0.3, 0.4) is 0 Å². The Bertz CT molecular complexity index is 833. The van der Waals surface area contributed by atoms with Gasteiger partial charge in [-0.2, -0.15) is 5.26 Å². The summed E-state index contributed by atoms with van der Waals surface area (Å²) in [6.45, 7) is -0.0563. The normalized spacial score (nSPS) is 14.1. The first kappa shape index (κ1) is 14.7. The number of rotatable bonds is 4. The highest BCUT2D eigenvalue weighted by molar-refractivity contribution is 6.14. The summed E-state index contributed by atoms with van der Waals surface area (Å²) < 4.78 is 16.0. The highest BCUT2D eigenvalue weighted by atomic mass is 16.5. The maximum absolute atomic E-state index is 12.4. The molecule has 5 nitrogen and oxygen atoms in total. The number of carbonyl (C=O) groups is 1. The molecule has 0 fully saturated rings. The van der Waals surface area contributed by atoms with Crippen LogP contribution in [0.1, 0.15) is 15.9 Å². The largest absolute Gasteiger partial charge is 0.497 e. The molecule has 0 unspecified atom stereocenters. The van der Waals surface area contributed by atoms with E-state index < -0.39 is 0 Å². The highest BCUT2D eigenvalue weighted by Crippen LogP contribution is 2.35. The first-order valence-corrected chi connectivity index (χ1v) is 6.93. The number of ketones is 1. The fourth-order valence-electron chi connectivity index (χ4n) is 2.26. The predicted molar refractivity (Wildman–Crippen MR) is 83.5 cm³/mol. The molecular weight excluding hydrogens is 294 g/mol. The molecule has 0 spiro atoms. The number of nitrogens with zero attached hydrogens (tertiary/aromatic N) is 1. The van der Waals surface area contributed by atoms with Crippen molar-refractivity contribution >= 4 is 11.9 Å². The lowest BCUT2D eigenvalue weighted by Crippen LogP contribution is -1.98. The smallest absolute Gasteiger partial charge is 0.231 e. The van der Waals surface area contributed by atoms with E-state index in [9.17, 15) is 4.79 Å². The SMILES string of the molecule is COc1cccc(/C=C2\Oc3cc(OCC#N)ccc3C2=O)c1. The third-order valence-corrected chi connectivity index (χ3v) is 3.34. The number of carbonyl (C=O) groups excluding carboxylic acids is 1. The lowest BCUT2D eigenvalue weighted by molar-refractivity contribution is 0.101. The van der Waals surface area contributed by atoms with Crippen LogP contribution in [0.25, 0.3) is 6.08 Å². The minimum atomic E-state index is -0.186. The second-order valence-corrected chi connectivity index (χ2v) is 4.82. The Balaban J connectivity index is 1.87. The predicted octanol–water partition coefficient (Wildman–Crippen LogP) is 3.21. The average Bonchev–Trinajstić information content (AvgIpc) is 2.88. The summed E-state index contributed by atoms with van der Waals surface area (Å²) in [5.41, 5.74) is 1.28. The van der Waals surface area contributed by atoms with Gasteiger partial charge in [-0.15, -0.1) is 0 Å². The van der Waals surface area contributed by atoms with Crippen molar-refractivity contribution in [1.29, 1.82) is 5.26 Å². The molecule has 2 aromatic carbocycles. The lowest BCUT2D eigenvalue weighted by atomic mass is 10.1. The molecule has 0 bridgehead atoms. The summed E-state index contributed by atoms with van der Waals surface area (Å²) in [6, 6.07) is 14.1. The third-order valence-electron chi connectivity index (χ3n) is 3.34. The van der Waals surface area contributed by atoms with Crippen molar-refractivity contribution in [3.05, 3.63) is 59.4 Å². The van der Waals surface area contributed by atoms with E-state index in [0.717, 1.165) is 5.56 Å². The summed E-state index contributed by atoms with van der Waals surface area (Å²) in [4.78, 5) is 12.4. The number of methoxy groups -OCH3 is 1. The minimum Gasteiger partial charge on any atom is -0.497 e. The zero-order valence-electron chi connectivity index (χ0n) is 12.4. The standard InChI is InChI=1S/C18H13NO4/c1-21-13-4-2-3-12(9-13)10-17-18(20)15-6-5-14(22-8-7-19)11-16(15)23-17/h2-6,9-11H,8H2,1H3/b17-10-. The van der Waals surface area contributed by atoms with Gasteiger partial charge in [0.25, 0.3) is 0 Å². The van der Waals surface area contributed by atoms with Gasteiger partial charge in [-0.3, -0.25) is 4.79 Å². The van der Waals surface area contributed by atoms with E-state index in [1.54, 1.807) is 31.4 Å². The molecule has 0 saturated heterocycles. The third kappa shape index (κ3) is 3.01. The quantitative estimate of drug-likeness (QED) is 0.811. The van der Waals surface area contributed by atoms with E-state index in [4.69, 9.17) is 19.5 Å². The average molecular weight is 307 g/mol. The Kier molecular flexibility index (Phi) is 3.98. The van der Waals surface area contributed by atoms with Crippen molar-refractivity contribution in [2.45, 2.75) is 0 Å². The van der Waals surface area contributed by atoms with E-state index in [1.807, 2.05) is 30.3 Å². The van der Waals surface area contributed by atoms with Crippen molar-refractivity contribution in [2.24, 2.45) is 0 Å². The number of hydrogen-bond donors (Lipinski definition) is 0. The Morgan fingerprint density at radius 2 is 2.09 bits per heavy atom. The van der Waals surface area contributed by atoms with Gasteiger partial charge in [0.15, 0.2) is 12.4 Å². The number of allylic oxidation sites excluding steroid dienone is 1. The van der Waals surface area contributed by atoms with E-state index in [-0.39, 0.29) is 18.1 Å². The molecule has 0 saturated carbocycles. The molecule has 0 radical (unpaired) electrons. The number of Topliss-reactive ketones (excluding diaryl/α,β-unsaturated/α-hetero) is 1. The molecule has 0 atom stereocenters. The number of hydrogen-bond acceptors (Lipinski definition) is 5. The van der Waals surface area contributed by atoms with Gasteiger partial charge >= 0.3 is 0 Å². The van der Waals surface area contributed by atoms with Crippen molar-refractivity contribution in [2.75, 3.05) is 13.7 Å². The molecule has 0 aliphatic carbocycles. The molecule has 1 aliphatic rings. The monoisotopic (exact) mass is 307 g/mol. The lowest BCUT2D eigenvalue weighted by Gasteiger charge is -2.03. The molecule has 114 valence electrons. The molecule has 3 rings (SSSR count). The van der Waals surface area contributed by atoms with Crippen LogP contribution in [-0.2, 0) is 0 Å². The van der Waals surface area contributed by atoms with Gasteiger partial charge in [0.1, 0.15) is 23.3 Å². The van der Waals surface area contributed by atoms with Gasteiger partial charge in [0, 0.05) is 6.07 Å². The number of fused-ring (bicyclic) bond motifs is 1. The Morgan fingerprint density at radius 3 is 2.87 bits per heavy atom. The molecule has 0 aromatic heterocycles. The van der Waals surface area contributed by atoms with E-state index in [1.165, 1.54) is 0 Å². The van der Waals surface area contributed by atoms with Crippen LogP contribution in [0.2, 0.25) is 0 Å². The summed E-state index contributed by atoms with van der Waals surface area (Å²) in [6.07, 6.45) is 1.67. The molecule has 1 aliphatic heterocycles. The van der Waals surface area contributed by atoms with Crippen molar-refractivity contribution < 1.29 is 19.0 Å². The fourth-order valence-corrected chi connectivity index (χ4v) is 2.26. The van der Waals surface area contributed by atoms with Gasteiger partial charge in [-0.1, -0.05) is 12.1 Å². The van der Waals surface area contributed by atoms with Crippen LogP contribution in [0.5, 0.6) is 17.2 Å².